The molecule has 130 valence electrons. The SMILES string of the molecule is CNC(=O)[C@H]1CN(C(=O)CSc2ccc(C)cc2)c2ccccc2O1. The summed E-state index contributed by atoms with van der Waals surface area (Å²) < 4.78 is 5.73. The second-order valence-corrected chi connectivity index (χ2v) is 6.84. The number of para-hydroxylation sites is 2. The first-order valence-corrected chi connectivity index (χ1v) is 9.04. The normalized spacial score (nSPS) is 15.9. The van der Waals surface area contributed by atoms with Gasteiger partial charge in [0.05, 0.1) is 18.0 Å². The number of amides is 2. The van der Waals surface area contributed by atoms with Crippen LogP contribution in [-0.4, -0.2) is 37.3 Å². The van der Waals surface area contributed by atoms with Gasteiger partial charge < -0.3 is 15.0 Å². The van der Waals surface area contributed by atoms with E-state index in [0.29, 0.717) is 17.2 Å². The Hall–Kier alpha value is -2.47. The fraction of sp³-hybridized carbons (Fsp3) is 0.263. The largest absolute Gasteiger partial charge is 0.477 e. The van der Waals surface area contributed by atoms with Crippen LogP contribution in [0.1, 0.15) is 5.56 Å². The van der Waals surface area contributed by atoms with E-state index in [4.69, 9.17) is 4.74 Å². The van der Waals surface area contributed by atoms with Crippen LogP contribution in [0.3, 0.4) is 0 Å². The minimum atomic E-state index is -0.701. The molecule has 0 aliphatic carbocycles. The Morgan fingerprint density at radius 2 is 1.92 bits per heavy atom. The Morgan fingerprint density at radius 1 is 1.20 bits per heavy atom. The van der Waals surface area contributed by atoms with Crippen molar-refractivity contribution in [1.29, 1.82) is 0 Å². The molecule has 1 aliphatic heterocycles. The van der Waals surface area contributed by atoms with Crippen molar-refractivity contribution >= 4 is 29.3 Å². The van der Waals surface area contributed by atoms with Crippen LogP contribution >= 0.6 is 11.8 Å². The van der Waals surface area contributed by atoms with E-state index in [1.165, 1.54) is 17.3 Å². The highest BCUT2D eigenvalue weighted by molar-refractivity contribution is 8.00. The van der Waals surface area contributed by atoms with Gasteiger partial charge in [-0.15, -0.1) is 11.8 Å². The Bertz CT molecular complexity index is 776. The van der Waals surface area contributed by atoms with Gasteiger partial charge in [0.25, 0.3) is 5.91 Å². The minimum Gasteiger partial charge on any atom is -0.477 e. The van der Waals surface area contributed by atoms with Crippen molar-refractivity contribution in [3.05, 3.63) is 54.1 Å². The molecular weight excluding hydrogens is 336 g/mol. The van der Waals surface area contributed by atoms with Crippen LogP contribution in [0, 0.1) is 6.92 Å². The average molecular weight is 356 g/mol. The van der Waals surface area contributed by atoms with Crippen LogP contribution in [0.5, 0.6) is 5.75 Å². The molecule has 2 amide bonds. The van der Waals surface area contributed by atoms with Gasteiger partial charge in [0.1, 0.15) is 5.75 Å². The molecule has 0 saturated carbocycles. The third-order valence-electron chi connectivity index (χ3n) is 4.00. The first-order valence-electron chi connectivity index (χ1n) is 8.05. The van der Waals surface area contributed by atoms with E-state index in [1.54, 1.807) is 18.0 Å². The quantitative estimate of drug-likeness (QED) is 0.856. The zero-order chi connectivity index (χ0) is 17.8. The Morgan fingerprint density at radius 3 is 2.64 bits per heavy atom. The number of likely N-dealkylation sites (N-methyl/N-ethyl adjacent to an activating group) is 1. The number of hydrogen-bond donors (Lipinski definition) is 1. The lowest BCUT2D eigenvalue weighted by atomic mass is 10.2. The molecule has 1 atom stereocenters. The molecule has 1 heterocycles. The van der Waals surface area contributed by atoms with E-state index < -0.39 is 6.10 Å². The van der Waals surface area contributed by atoms with Crippen LogP contribution in [0.25, 0.3) is 0 Å². The molecule has 0 unspecified atom stereocenters. The lowest BCUT2D eigenvalue weighted by Gasteiger charge is -2.34. The number of carbonyl (C=O) groups excluding carboxylic acids is 2. The second-order valence-electron chi connectivity index (χ2n) is 5.79. The molecule has 2 aromatic rings. The van der Waals surface area contributed by atoms with Crippen molar-refractivity contribution in [2.45, 2.75) is 17.9 Å². The molecule has 2 aromatic carbocycles. The molecule has 6 heteroatoms. The predicted molar refractivity (Wildman–Crippen MR) is 99.2 cm³/mol. The van der Waals surface area contributed by atoms with Gasteiger partial charge in [-0.05, 0) is 31.2 Å². The van der Waals surface area contributed by atoms with Gasteiger partial charge in [-0.25, -0.2) is 0 Å². The Balaban J connectivity index is 1.75. The van der Waals surface area contributed by atoms with Crippen molar-refractivity contribution in [3.63, 3.8) is 0 Å². The van der Waals surface area contributed by atoms with Gasteiger partial charge >= 0.3 is 0 Å². The van der Waals surface area contributed by atoms with Gasteiger partial charge in [0, 0.05) is 11.9 Å². The molecular formula is C19H20N2O3S. The number of nitrogens with one attached hydrogen (secondary N) is 1. The zero-order valence-corrected chi connectivity index (χ0v) is 15.0. The van der Waals surface area contributed by atoms with Crippen LogP contribution in [-0.2, 0) is 9.59 Å². The van der Waals surface area contributed by atoms with E-state index >= 15 is 0 Å². The molecule has 0 bridgehead atoms. The fourth-order valence-electron chi connectivity index (χ4n) is 2.63. The molecule has 0 aromatic heterocycles. The number of anilines is 1. The van der Waals surface area contributed by atoms with Crippen molar-refractivity contribution in [1.82, 2.24) is 5.32 Å². The average Bonchev–Trinajstić information content (AvgIpc) is 2.65. The topological polar surface area (TPSA) is 58.6 Å². The van der Waals surface area contributed by atoms with Crippen molar-refractivity contribution in [2.24, 2.45) is 0 Å². The minimum absolute atomic E-state index is 0.0461. The molecule has 1 aliphatic rings. The summed E-state index contributed by atoms with van der Waals surface area (Å²) in [4.78, 5) is 27.4. The fourth-order valence-corrected chi connectivity index (χ4v) is 3.40. The first kappa shape index (κ1) is 17.4. The van der Waals surface area contributed by atoms with E-state index in [0.717, 1.165) is 4.90 Å². The summed E-state index contributed by atoms with van der Waals surface area (Å²) in [6, 6.07) is 15.4. The van der Waals surface area contributed by atoms with Gasteiger partial charge in [-0.1, -0.05) is 29.8 Å². The number of thioether (sulfide) groups is 1. The van der Waals surface area contributed by atoms with Crippen molar-refractivity contribution < 1.29 is 14.3 Å². The summed E-state index contributed by atoms with van der Waals surface area (Å²) in [5, 5.41) is 2.58. The summed E-state index contributed by atoms with van der Waals surface area (Å²) >= 11 is 1.49. The Kier molecular flexibility index (Phi) is 5.28. The van der Waals surface area contributed by atoms with E-state index in [1.807, 2.05) is 49.4 Å². The molecule has 0 saturated heterocycles. The monoisotopic (exact) mass is 356 g/mol. The number of aryl methyl sites for hydroxylation is 1. The van der Waals surface area contributed by atoms with Gasteiger partial charge in [0.2, 0.25) is 5.91 Å². The molecule has 5 nitrogen and oxygen atoms in total. The highest BCUT2D eigenvalue weighted by atomic mass is 32.2. The summed E-state index contributed by atoms with van der Waals surface area (Å²) in [7, 11) is 1.56. The number of benzene rings is 2. The third-order valence-corrected chi connectivity index (χ3v) is 4.99. The van der Waals surface area contributed by atoms with Crippen LogP contribution in [0.4, 0.5) is 5.69 Å². The van der Waals surface area contributed by atoms with Gasteiger partial charge in [-0.3, -0.25) is 9.59 Å². The van der Waals surface area contributed by atoms with Gasteiger partial charge in [0.15, 0.2) is 6.10 Å². The zero-order valence-electron chi connectivity index (χ0n) is 14.2. The summed E-state index contributed by atoms with van der Waals surface area (Å²) in [5.74, 6) is 0.572. The van der Waals surface area contributed by atoms with Gasteiger partial charge in [-0.2, -0.15) is 0 Å². The lowest BCUT2D eigenvalue weighted by molar-refractivity contribution is -0.127. The maximum Gasteiger partial charge on any atom is 0.262 e. The maximum atomic E-state index is 12.8. The van der Waals surface area contributed by atoms with E-state index in [-0.39, 0.29) is 18.4 Å². The highest BCUT2D eigenvalue weighted by Gasteiger charge is 2.33. The maximum absolute atomic E-state index is 12.8. The third kappa shape index (κ3) is 3.96. The number of nitrogens with zero attached hydrogens (tertiary/aromatic N) is 1. The van der Waals surface area contributed by atoms with E-state index in [2.05, 4.69) is 5.32 Å². The molecule has 1 N–H and O–H groups in total. The molecule has 25 heavy (non-hydrogen) atoms. The van der Waals surface area contributed by atoms with Crippen LogP contribution in [0.15, 0.2) is 53.4 Å². The summed E-state index contributed by atoms with van der Waals surface area (Å²) in [5.41, 5.74) is 1.89. The summed E-state index contributed by atoms with van der Waals surface area (Å²) in [6.07, 6.45) is -0.701. The number of fused-ring (bicyclic) bond motifs is 1. The molecule has 0 spiro atoms. The van der Waals surface area contributed by atoms with Crippen molar-refractivity contribution in [2.75, 3.05) is 24.2 Å². The lowest BCUT2D eigenvalue weighted by Crippen LogP contribution is -2.50. The molecule has 3 rings (SSSR count). The second kappa shape index (κ2) is 7.61. The predicted octanol–water partition coefficient (Wildman–Crippen LogP) is 2.63. The summed E-state index contributed by atoms with van der Waals surface area (Å²) in [6.45, 7) is 2.24. The Labute approximate surface area is 151 Å². The van der Waals surface area contributed by atoms with Crippen LogP contribution < -0.4 is 15.0 Å². The number of hydrogen-bond acceptors (Lipinski definition) is 4. The van der Waals surface area contributed by atoms with E-state index in [9.17, 15) is 9.59 Å². The standard InChI is InChI=1S/C19H20N2O3S/c1-13-7-9-14(10-8-13)25-12-18(22)21-11-17(19(23)20-2)24-16-6-4-3-5-15(16)21/h3-10,17H,11-12H2,1-2H3,(H,20,23)/t17-/m1/s1. The molecule has 0 radical (unpaired) electrons. The number of rotatable bonds is 4. The number of carbonyl (C=O) groups is 2. The highest BCUT2D eigenvalue weighted by Crippen LogP contribution is 2.34. The smallest absolute Gasteiger partial charge is 0.262 e. The van der Waals surface area contributed by atoms with Crippen molar-refractivity contribution in [3.8, 4) is 5.75 Å². The first-order chi connectivity index (χ1) is 12.1. The molecule has 0 fully saturated rings. The number of ether oxygens (including phenoxy) is 1. The van der Waals surface area contributed by atoms with Crippen LogP contribution in [0.2, 0.25) is 0 Å².